The molecule has 0 saturated heterocycles. The SMILES string of the molecule is CNC(COc1ccccc1)c1cccc(Cl)c1Cl. The Labute approximate surface area is 123 Å². The highest BCUT2D eigenvalue weighted by atomic mass is 35.5. The average molecular weight is 296 g/mol. The van der Waals surface area contributed by atoms with Gasteiger partial charge in [-0.15, -0.1) is 0 Å². The summed E-state index contributed by atoms with van der Waals surface area (Å²) in [4.78, 5) is 0. The van der Waals surface area contributed by atoms with Crippen LogP contribution in [0.5, 0.6) is 5.75 Å². The summed E-state index contributed by atoms with van der Waals surface area (Å²) in [6.45, 7) is 0.487. The lowest BCUT2D eigenvalue weighted by Gasteiger charge is -2.19. The van der Waals surface area contributed by atoms with Crippen LogP contribution in [0.15, 0.2) is 48.5 Å². The minimum absolute atomic E-state index is 0.00796. The first-order valence-corrected chi connectivity index (χ1v) is 6.77. The van der Waals surface area contributed by atoms with Gasteiger partial charge < -0.3 is 10.1 Å². The van der Waals surface area contributed by atoms with E-state index in [9.17, 15) is 0 Å². The molecule has 0 spiro atoms. The van der Waals surface area contributed by atoms with Crippen LogP contribution in [0.3, 0.4) is 0 Å². The molecular formula is C15H15Cl2NO. The van der Waals surface area contributed by atoms with Crippen molar-refractivity contribution in [1.29, 1.82) is 0 Å². The fraction of sp³-hybridized carbons (Fsp3) is 0.200. The second-order valence-electron chi connectivity index (χ2n) is 4.11. The summed E-state index contributed by atoms with van der Waals surface area (Å²) in [6, 6.07) is 15.3. The molecule has 4 heteroatoms. The van der Waals surface area contributed by atoms with Crippen molar-refractivity contribution in [1.82, 2.24) is 5.32 Å². The number of halogens is 2. The van der Waals surface area contributed by atoms with Crippen molar-refractivity contribution in [3.63, 3.8) is 0 Å². The lowest BCUT2D eigenvalue weighted by atomic mass is 10.1. The molecule has 1 atom stereocenters. The Hall–Kier alpha value is -1.22. The van der Waals surface area contributed by atoms with Gasteiger partial charge in [0.1, 0.15) is 12.4 Å². The van der Waals surface area contributed by atoms with Gasteiger partial charge >= 0.3 is 0 Å². The average Bonchev–Trinajstić information content (AvgIpc) is 2.45. The van der Waals surface area contributed by atoms with Crippen molar-refractivity contribution in [2.45, 2.75) is 6.04 Å². The second kappa shape index (κ2) is 6.80. The normalized spacial score (nSPS) is 12.2. The largest absolute Gasteiger partial charge is 0.492 e. The molecule has 0 aliphatic rings. The highest BCUT2D eigenvalue weighted by Gasteiger charge is 2.15. The van der Waals surface area contributed by atoms with Crippen molar-refractivity contribution in [3.05, 3.63) is 64.1 Å². The number of likely N-dealkylation sites (N-methyl/N-ethyl adjacent to an activating group) is 1. The molecule has 19 heavy (non-hydrogen) atoms. The van der Waals surface area contributed by atoms with Gasteiger partial charge in [-0.3, -0.25) is 0 Å². The molecule has 0 aliphatic heterocycles. The summed E-state index contributed by atoms with van der Waals surface area (Å²) >= 11 is 12.3. The van der Waals surface area contributed by atoms with Gasteiger partial charge in [0.25, 0.3) is 0 Å². The molecule has 2 aromatic rings. The summed E-state index contributed by atoms with van der Waals surface area (Å²) < 4.78 is 5.74. The van der Waals surface area contributed by atoms with Crippen LogP contribution >= 0.6 is 23.2 Å². The van der Waals surface area contributed by atoms with E-state index in [2.05, 4.69) is 5.32 Å². The van der Waals surface area contributed by atoms with Crippen LogP contribution in [0, 0.1) is 0 Å². The molecule has 100 valence electrons. The monoisotopic (exact) mass is 295 g/mol. The maximum atomic E-state index is 6.22. The Morgan fingerprint density at radius 1 is 1.05 bits per heavy atom. The Bertz CT molecular complexity index is 531. The van der Waals surface area contributed by atoms with E-state index in [-0.39, 0.29) is 6.04 Å². The molecule has 0 bridgehead atoms. The molecule has 0 amide bonds. The first-order chi connectivity index (χ1) is 9.22. The molecule has 0 saturated carbocycles. The molecule has 2 nitrogen and oxygen atoms in total. The highest BCUT2D eigenvalue weighted by molar-refractivity contribution is 6.42. The van der Waals surface area contributed by atoms with Crippen LogP contribution in [-0.2, 0) is 0 Å². The smallest absolute Gasteiger partial charge is 0.119 e. The topological polar surface area (TPSA) is 21.3 Å². The lowest BCUT2D eigenvalue weighted by Crippen LogP contribution is -2.23. The zero-order chi connectivity index (χ0) is 13.7. The Balaban J connectivity index is 2.10. The second-order valence-corrected chi connectivity index (χ2v) is 4.89. The number of nitrogens with one attached hydrogen (secondary N) is 1. The van der Waals surface area contributed by atoms with Gasteiger partial charge in [-0.05, 0) is 30.8 Å². The maximum absolute atomic E-state index is 6.22. The summed E-state index contributed by atoms with van der Waals surface area (Å²) in [5, 5.41) is 4.31. The number of rotatable bonds is 5. The maximum Gasteiger partial charge on any atom is 0.119 e. The third-order valence-corrected chi connectivity index (χ3v) is 3.70. The minimum atomic E-state index is -0.00796. The van der Waals surface area contributed by atoms with Crippen LogP contribution in [0.4, 0.5) is 0 Å². The molecule has 0 radical (unpaired) electrons. The van der Waals surface area contributed by atoms with Gasteiger partial charge in [0.15, 0.2) is 0 Å². The quantitative estimate of drug-likeness (QED) is 0.886. The number of benzene rings is 2. The van der Waals surface area contributed by atoms with Crippen LogP contribution in [-0.4, -0.2) is 13.7 Å². The van der Waals surface area contributed by atoms with E-state index in [1.165, 1.54) is 0 Å². The van der Waals surface area contributed by atoms with E-state index < -0.39 is 0 Å². The lowest BCUT2D eigenvalue weighted by molar-refractivity contribution is 0.273. The molecule has 0 aromatic heterocycles. The number of para-hydroxylation sites is 1. The molecule has 0 heterocycles. The van der Waals surface area contributed by atoms with Gasteiger partial charge in [-0.1, -0.05) is 53.5 Å². The van der Waals surface area contributed by atoms with Crippen molar-refractivity contribution in [2.24, 2.45) is 0 Å². The standard InChI is InChI=1S/C15H15Cl2NO/c1-18-14(10-19-11-6-3-2-4-7-11)12-8-5-9-13(16)15(12)17/h2-9,14,18H,10H2,1H3. The van der Waals surface area contributed by atoms with Gasteiger partial charge in [0.05, 0.1) is 16.1 Å². The number of hydrogen-bond acceptors (Lipinski definition) is 2. The van der Waals surface area contributed by atoms with Crippen LogP contribution in [0.1, 0.15) is 11.6 Å². The van der Waals surface area contributed by atoms with Crippen molar-refractivity contribution in [2.75, 3.05) is 13.7 Å². The predicted octanol–water partition coefficient (Wildman–Crippen LogP) is 4.33. The van der Waals surface area contributed by atoms with Gasteiger partial charge in [-0.25, -0.2) is 0 Å². The minimum Gasteiger partial charge on any atom is -0.492 e. The first kappa shape index (κ1) is 14.2. The van der Waals surface area contributed by atoms with E-state index in [0.29, 0.717) is 16.7 Å². The van der Waals surface area contributed by atoms with Gasteiger partial charge in [0, 0.05) is 0 Å². The molecule has 1 N–H and O–H groups in total. The van der Waals surface area contributed by atoms with E-state index >= 15 is 0 Å². The summed E-state index contributed by atoms with van der Waals surface area (Å²) in [5.74, 6) is 0.834. The molecular weight excluding hydrogens is 281 g/mol. The third-order valence-electron chi connectivity index (χ3n) is 2.87. The van der Waals surface area contributed by atoms with E-state index in [0.717, 1.165) is 11.3 Å². The Kier molecular flexibility index (Phi) is 5.08. The number of hydrogen-bond donors (Lipinski definition) is 1. The van der Waals surface area contributed by atoms with E-state index in [1.807, 2.05) is 49.5 Å². The fourth-order valence-corrected chi connectivity index (χ4v) is 2.25. The molecule has 1 unspecified atom stereocenters. The van der Waals surface area contributed by atoms with Gasteiger partial charge in [-0.2, -0.15) is 0 Å². The van der Waals surface area contributed by atoms with E-state index in [4.69, 9.17) is 27.9 Å². The molecule has 0 fully saturated rings. The molecule has 0 aliphatic carbocycles. The van der Waals surface area contributed by atoms with Crippen LogP contribution < -0.4 is 10.1 Å². The van der Waals surface area contributed by atoms with Gasteiger partial charge in [0.2, 0.25) is 0 Å². The van der Waals surface area contributed by atoms with E-state index in [1.54, 1.807) is 6.07 Å². The summed E-state index contributed by atoms with van der Waals surface area (Å²) in [7, 11) is 1.87. The Morgan fingerprint density at radius 3 is 2.47 bits per heavy atom. The number of ether oxygens (including phenoxy) is 1. The fourth-order valence-electron chi connectivity index (χ4n) is 1.81. The first-order valence-electron chi connectivity index (χ1n) is 6.01. The van der Waals surface area contributed by atoms with Crippen LogP contribution in [0.2, 0.25) is 10.0 Å². The van der Waals surface area contributed by atoms with Crippen LogP contribution in [0.25, 0.3) is 0 Å². The summed E-state index contributed by atoms with van der Waals surface area (Å²) in [6.07, 6.45) is 0. The zero-order valence-electron chi connectivity index (χ0n) is 10.6. The Morgan fingerprint density at radius 2 is 1.79 bits per heavy atom. The predicted molar refractivity (Wildman–Crippen MR) is 80.2 cm³/mol. The molecule has 2 aromatic carbocycles. The van der Waals surface area contributed by atoms with Crippen molar-refractivity contribution in [3.8, 4) is 5.75 Å². The van der Waals surface area contributed by atoms with Crippen molar-refractivity contribution < 1.29 is 4.74 Å². The zero-order valence-corrected chi connectivity index (χ0v) is 12.1. The van der Waals surface area contributed by atoms with Crippen molar-refractivity contribution >= 4 is 23.2 Å². The summed E-state index contributed by atoms with van der Waals surface area (Å²) in [5.41, 5.74) is 0.938. The third kappa shape index (κ3) is 3.63. The highest BCUT2D eigenvalue weighted by Crippen LogP contribution is 2.30. The molecule has 2 rings (SSSR count).